The smallest absolute Gasteiger partial charge is 0.426 e. The van der Waals surface area contributed by atoms with Crippen molar-refractivity contribution in [1.82, 2.24) is 0 Å². The van der Waals surface area contributed by atoms with Crippen LogP contribution in [-0.2, 0) is 4.79 Å². The molecule has 1 atom stereocenters. The maximum absolute atomic E-state index is 10.8. The molecule has 3 N–H and O–H groups in total. The van der Waals surface area contributed by atoms with Gasteiger partial charge in [0.2, 0.25) is 0 Å². The summed E-state index contributed by atoms with van der Waals surface area (Å²) in [6.07, 6.45) is 4.83. The number of anilines is 1. The zero-order chi connectivity index (χ0) is 13.0. The van der Waals surface area contributed by atoms with Gasteiger partial charge in [0.25, 0.3) is 0 Å². The predicted octanol–water partition coefficient (Wildman–Crippen LogP) is 1.15. The second kappa shape index (κ2) is 5.51. The second-order valence-electron chi connectivity index (χ2n) is 3.95. The highest BCUT2D eigenvalue weighted by Gasteiger charge is 2.27. The minimum Gasteiger partial charge on any atom is -0.426 e. The lowest BCUT2D eigenvalue weighted by atomic mass is 9.67. The highest BCUT2D eigenvalue weighted by Crippen LogP contribution is 2.27. The molecule has 4 nitrogen and oxygen atoms in total. The highest BCUT2D eigenvalue weighted by molar-refractivity contribution is 6.45. The molecule has 1 aliphatic carbocycles. The molecule has 0 heterocycles. The van der Waals surface area contributed by atoms with Crippen LogP contribution >= 0.6 is 0 Å². The van der Waals surface area contributed by atoms with E-state index in [1.165, 1.54) is 0 Å². The third-order valence-corrected chi connectivity index (χ3v) is 2.65. The normalized spacial score (nSPS) is 18.0. The molecule has 0 aromatic heterocycles. The zero-order valence-corrected chi connectivity index (χ0v) is 9.58. The van der Waals surface area contributed by atoms with Crippen molar-refractivity contribution in [3.8, 4) is 0 Å². The number of hydrogen-bond donors (Lipinski definition) is 3. The third-order valence-electron chi connectivity index (χ3n) is 2.65. The van der Waals surface area contributed by atoms with Crippen molar-refractivity contribution in [2.75, 3.05) is 5.32 Å². The summed E-state index contributed by atoms with van der Waals surface area (Å²) in [4.78, 5) is 10.8. The van der Waals surface area contributed by atoms with E-state index in [1.807, 2.05) is 30.3 Å². The molecule has 18 heavy (non-hydrogen) atoms. The Labute approximate surface area is 105 Å². The fraction of sp³-hybridized carbons (Fsp3) is 0.0769. The second-order valence-corrected chi connectivity index (χ2v) is 3.95. The van der Waals surface area contributed by atoms with Gasteiger partial charge < -0.3 is 15.4 Å². The molecule has 0 spiro atoms. The van der Waals surface area contributed by atoms with Crippen LogP contribution in [0.5, 0.6) is 0 Å². The summed E-state index contributed by atoms with van der Waals surface area (Å²) in [6, 6.07) is 9.49. The Kier molecular flexibility index (Phi) is 3.80. The molecule has 1 aromatic carbocycles. The molecular formula is C13H12BNO3. The minimum atomic E-state index is -1.59. The molecule has 0 saturated carbocycles. The van der Waals surface area contributed by atoms with E-state index in [2.05, 4.69) is 5.32 Å². The summed E-state index contributed by atoms with van der Waals surface area (Å²) >= 11 is 0. The van der Waals surface area contributed by atoms with Gasteiger partial charge in [0, 0.05) is 22.8 Å². The first kappa shape index (κ1) is 12.4. The van der Waals surface area contributed by atoms with Gasteiger partial charge in [-0.05, 0) is 24.3 Å². The van der Waals surface area contributed by atoms with E-state index in [1.54, 1.807) is 24.2 Å². The van der Waals surface area contributed by atoms with Crippen LogP contribution in [0.1, 0.15) is 0 Å². The molecule has 0 bridgehead atoms. The topological polar surface area (TPSA) is 69.6 Å². The number of allylic oxidation sites excluding steroid dienone is 4. The molecule has 0 amide bonds. The van der Waals surface area contributed by atoms with Gasteiger partial charge in [-0.25, -0.2) is 4.79 Å². The first-order valence-corrected chi connectivity index (χ1v) is 5.54. The van der Waals surface area contributed by atoms with Crippen LogP contribution in [0.3, 0.4) is 0 Å². The largest absolute Gasteiger partial charge is 0.464 e. The molecule has 0 radical (unpaired) electrons. The lowest BCUT2D eigenvalue weighted by Crippen LogP contribution is -2.22. The summed E-state index contributed by atoms with van der Waals surface area (Å²) < 4.78 is 0. The molecular weight excluding hydrogens is 229 g/mol. The molecule has 0 saturated heterocycles. The standard InChI is InChI=1S/C13H12BNO3/c16-9-10-8-12(6-7-13(10)14(17)18)15-11-4-2-1-3-5-11/h1-8,13,15,17-18H. The van der Waals surface area contributed by atoms with E-state index in [0.29, 0.717) is 5.70 Å². The molecule has 0 fully saturated rings. The van der Waals surface area contributed by atoms with E-state index in [-0.39, 0.29) is 5.57 Å². The van der Waals surface area contributed by atoms with Crippen LogP contribution in [-0.4, -0.2) is 23.1 Å². The van der Waals surface area contributed by atoms with Crippen LogP contribution in [0.2, 0.25) is 5.82 Å². The van der Waals surface area contributed by atoms with Gasteiger partial charge in [-0.1, -0.05) is 24.3 Å². The van der Waals surface area contributed by atoms with E-state index in [0.717, 1.165) is 5.69 Å². The van der Waals surface area contributed by atoms with Crippen LogP contribution in [0.25, 0.3) is 0 Å². The third kappa shape index (κ3) is 2.78. The Morgan fingerprint density at radius 1 is 1.22 bits per heavy atom. The SMILES string of the molecule is O=C=C1C=C(Nc2ccccc2)C=CC1B(O)O. The quantitative estimate of drug-likeness (QED) is 0.548. The lowest BCUT2D eigenvalue weighted by molar-refractivity contribution is 0.401. The Bertz CT molecular complexity index is 530. The van der Waals surface area contributed by atoms with Gasteiger partial charge in [0.1, 0.15) is 5.94 Å². The number of para-hydroxylation sites is 1. The maximum atomic E-state index is 10.8. The summed E-state index contributed by atoms with van der Waals surface area (Å²) in [5, 5.41) is 21.3. The molecule has 2 rings (SSSR count). The first-order valence-electron chi connectivity index (χ1n) is 5.54. The molecule has 1 unspecified atom stereocenters. The summed E-state index contributed by atoms with van der Waals surface area (Å²) in [5.74, 6) is 1.01. The van der Waals surface area contributed by atoms with Gasteiger partial charge in [0.05, 0.1) is 0 Å². The molecule has 5 heteroatoms. The van der Waals surface area contributed by atoms with Gasteiger partial charge in [-0.15, -0.1) is 0 Å². The Balaban J connectivity index is 2.18. The lowest BCUT2D eigenvalue weighted by Gasteiger charge is -2.17. The van der Waals surface area contributed by atoms with Crippen molar-refractivity contribution < 1.29 is 14.8 Å². The number of nitrogens with one attached hydrogen (secondary N) is 1. The summed E-state index contributed by atoms with van der Waals surface area (Å²) in [5.41, 5.74) is 1.81. The van der Waals surface area contributed by atoms with Crippen molar-refractivity contribution in [2.45, 2.75) is 5.82 Å². The van der Waals surface area contributed by atoms with E-state index in [4.69, 9.17) is 10.0 Å². The average Bonchev–Trinajstić information content (AvgIpc) is 2.39. The molecule has 1 aromatic rings. The number of rotatable bonds is 3. The average molecular weight is 241 g/mol. The van der Waals surface area contributed by atoms with E-state index in [9.17, 15) is 4.79 Å². The van der Waals surface area contributed by atoms with Gasteiger partial charge in [-0.3, -0.25) is 0 Å². The van der Waals surface area contributed by atoms with Crippen molar-refractivity contribution in [1.29, 1.82) is 0 Å². The number of benzene rings is 1. The van der Waals surface area contributed by atoms with Crippen LogP contribution in [0, 0.1) is 0 Å². The highest BCUT2D eigenvalue weighted by atomic mass is 16.4. The van der Waals surface area contributed by atoms with Crippen molar-refractivity contribution >= 4 is 18.7 Å². The van der Waals surface area contributed by atoms with Gasteiger partial charge >= 0.3 is 7.12 Å². The Morgan fingerprint density at radius 3 is 2.56 bits per heavy atom. The monoisotopic (exact) mass is 241 g/mol. The summed E-state index contributed by atoms with van der Waals surface area (Å²) in [7, 11) is -1.59. The zero-order valence-electron chi connectivity index (χ0n) is 9.58. The molecule has 1 aliphatic rings. The van der Waals surface area contributed by atoms with Gasteiger partial charge in [0.15, 0.2) is 0 Å². The molecule has 0 aliphatic heterocycles. The minimum absolute atomic E-state index is 0.214. The fourth-order valence-electron chi connectivity index (χ4n) is 1.75. The Hall–Kier alpha value is -2.07. The van der Waals surface area contributed by atoms with Crippen LogP contribution < -0.4 is 5.32 Å². The summed E-state index contributed by atoms with van der Waals surface area (Å²) in [6.45, 7) is 0. The number of hydrogen-bond acceptors (Lipinski definition) is 4. The number of carbonyl (C=O) groups excluding carboxylic acids is 1. The Morgan fingerprint density at radius 2 is 1.94 bits per heavy atom. The molecule has 90 valence electrons. The maximum Gasteiger partial charge on any atom is 0.464 e. The van der Waals surface area contributed by atoms with E-state index >= 15 is 0 Å². The van der Waals surface area contributed by atoms with Crippen molar-refractivity contribution in [3.05, 3.63) is 59.8 Å². The van der Waals surface area contributed by atoms with Crippen molar-refractivity contribution in [2.24, 2.45) is 0 Å². The van der Waals surface area contributed by atoms with Crippen LogP contribution in [0.15, 0.2) is 59.8 Å². The van der Waals surface area contributed by atoms with Crippen molar-refractivity contribution in [3.63, 3.8) is 0 Å². The fourth-order valence-corrected chi connectivity index (χ4v) is 1.75. The van der Waals surface area contributed by atoms with Gasteiger partial charge in [-0.2, -0.15) is 0 Å². The van der Waals surface area contributed by atoms with E-state index < -0.39 is 12.9 Å². The van der Waals surface area contributed by atoms with Crippen LogP contribution in [0.4, 0.5) is 5.69 Å². The first-order chi connectivity index (χ1) is 8.70. The predicted molar refractivity (Wildman–Crippen MR) is 70.4 cm³/mol.